The van der Waals surface area contributed by atoms with Crippen molar-refractivity contribution in [2.45, 2.75) is 26.1 Å². The number of aliphatic hydroxyl groups excluding tert-OH is 2. The molecule has 0 aliphatic heterocycles. The summed E-state index contributed by atoms with van der Waals surface area (Å²) < 4.78 is 0. The van der Waals surface area contributed by atoms with E-state index in [2.05, 4.69) is 10.2 Å². The molecule has 1 rings (SSSR count). The molecule has 2 unspecified atom stereocenters. The van der Waals surface area contributed by atoms with E-state index in [1.54, 1.807) is 7.05 Å². The van der Waals surface area contributed by atoms with Gasteiger partial charge in [-0.3, -0.25) is 0 Å². The molecule has 0 saturated carbocycles. The quantitative estimate of drug-likeness (QED) is 0.688. The number of nitrogens with zero attached hydrogens (tertiary/aromatic N) is 3. The van der Waals surface area contributed by atoms with Crippen molar-refractivity contribution in [2.75, 3.05) is 0 Å². The van der Waals surface area contributed by atoms with Crippen LogP contribution in [0, 0.1) is 5.92 Å². The largest absolute Gasteiger partial charge is 0.390 e. The van der Waals surface area contributed by atoms with E-state index in [-0.39, 0.29) is 5.92 Å². The third-order valence-corrected chi connectivity index (χ3v) is 1.93. The first kappa shape index (κ1) is 10.1. The van der Waals surface area contributed by atoms with Gasteiger partial charge >= 0.3 is 0 Å². The van der Waals surface area contributed by atoms with Gasteiger partial charge in [-0.2, -0.15) is 15.0 Å². The molecule has 0 amide bonds. The molecule has 1 aromatic heterocycles. The smallest absolute Gasteiger partial charge is 0.125 e. The van der Waals surface area contributed by atoms with Crippen molar-refractivity contribution in [3.63, 3.8) is 0 Å². The SMILES string of the molecule is CC(C)C(O)C(O)c1cnn(C)n1. The van der Waals surface area contributed by atoms with Crippen molar-refractivity contribution >= 4 is 0 Å². The number of hydrogen-bond donors (Lipinski definition) is 2. The highest BCUT2D eigenvalue weighted by molar-refractivity contribution is 4.99. The lowest BCUT2D eigenvalue weighted by Gasteiger charge is -2.18. The van der Waals surface area contributed by atoms with E-state index < -0.39 is 12.2 Å². The van der Waals surface area contributed by atoms with Crippen LogP contribution < -0.4 is 0 Å². The van der Waals surface area contributed by atoms with Gasteiger partial charge in [-0.25, -0.2) is 0 Å². The van der Waals surface area contributed by atoms with Gasteiger partial charge in [0, 0.05) is 7.05 Å². The third-order valence-electron chi connectivity index (χ3n) is 1.93. The predicted molar refractivity (Wildman–Crippen MR) is 46.8 cm³/mol. The van der Waals surface area contributed by atoms with E-state index >= 15 is 0 Å². The number of hydrogen-bond acceptors (Lipinski definition) is 4. The van der Waals surface area contributed by atoms with Crippen LogP contribution in [0.15, 0.2) is 6.20 Å². The van der Waals surface area contributed by atoms with Crippen LogP contribution in [0.3, 0.4) is 0 Å². The van der Waals surface area contributed by atoms with Gasteiger partial charge < -0.3 is 10.2 Å². The average molecular weight is 185 g/mol. The zero-order chi connectivity index (χ0) is 10.0. The summed E-state index contributed by atoms with van der Waals surface area (Å²) in [6.07, 6.45) is -0.290. The summed E-state index contributed by atoms with van der Waals surface area (Å²) in [4.78, 5) is 1.35. The van der Waals surface area contributed by atoms with E-state index in [0.717, 1.165) is 0 Å². The molecule has 74 valence electrons. The summed E-state index contributed by atoms with van der Waals surface area (Å²) in [6, 6.07) is 0. The Morgan fingerprint density at radius 3 is 2.38 bits per heavy atom. The van der Waals surface area contributed by atoms with Crippen molar-refractivity contribution in [1.82, 2.24) is 15.0 Å². The summed E-state index contributed by atoms with van der Waals surface area (Å²) in [7, 11) is 1.66. The summed E-state index contributed by atoms with van der Waals surface area (Å²) in [5.41, 5.74) is 0.406. The molecule has 1 aromatic rings. The molecule has 5 heteroatoms. The molecule has 0 spiro atoms. The molecule has 0 saturated heterocycles. The number of aromatic nitrogens is 3. The van der Waals surface area contributed by atoms with Gasteiger partial charge in [-0.1, -0.05) is 13.8 Å². The molecule has 1 heterocycles. The molecule has 13 heavy (non-hydrogen) atoms. The van der Waals surface area contributed by atoms with Gasteiger partial charge in [0.2, 0.25) is 0 Å². The van der Waals surface area contributed by atoms with Crippen LogP contribution in [-0.4, -0.2) is 31.3 Å². The summed E-state index contributed by atoms with van der Waals surface area (Å²) in [5, 5.41) is 26.9. The van der Waals surface area contributed by atoms with Crippen LogP contribution in [0.1, 0.15) is 25.6 Å². The van der Waals surface area contributed by atoms with Crippen molar-refractivity contribution in [3.8, 4) is 0 Å². The second-order valence-corrected chi connectivity index (χ2v) is 3.44. The topological polar surface area (TPSA) is 71.2 Å². The van der Waals surface area contributed by atoms with Gasteiger partial charge in [0.15, 0.2) is 0 Å². The average Bonchev–Trinajstić information content (AvgIpc) is 2.49. The van der Waals surface area contributed by atoms with Crippen LogP contribution in [-0.2, 0) is 7.05 Å². The second kappa shape index (κ2) is 3.85. The Kier molecular flexibility index (Phi) is 3.00. The van der Waals surface area contributed by atoms with Crippen molar-refractivity contribution in [3.05, 3.63) is 11.9 Å². The first-order valence-corrected chi connectivity index (χ1v) is 4.24. The summed E-state index contributed by atoms with van der Waals surface area (Å²) in [5.74, 6) is -0.00277. The highest BCUT2D eigenvalue weighted by Crippen LogP contribution is 2.18. The Morgan fingerprint density at radius 2 is 2.00 bits per heavy atom. The molecule has 0 bridgehead atoms. The molecule has 0 aliphatic rings. The van der Waals surface area contributed by atoms with Gasteiger partial charge in [0.25, 0.3) is 0 Å². The van der Waals surface area contributed by atoms with Crippen molar-refractivity contribution in [1.29, 1.82) is 0 Å². The Labute approximate surface area is 77.0 Å². The first-order valence-electron chi connectivity index (χ1n) is 4.24. The normalized spacial score (nSPS) is 16.2. The fraction of sp³-hybridized carbons (Fsp3) is 0.750. The lowest BCUT2D eigenvalue weighted by Crippen LogP contribution is -2.24. The summed E-state index contributed by atoms with van der Waals surface area (Å²) in [6.45, 7) is 3.68. The lowest BCUT2D eigenvalue weighted by atomic mass is 10.0. The Morgan fingerprint density at radius 1 is 1.38 bits per heavy atom. The van der Waals surface area contributed by atoms with Crippen molar-refractivity contribution < 1.29 is 10.2 Å². The molecular weight excluding hydrogens is 170 g/mol. The monoisotopic (exact) mass is 185 g/mol. The van der Waals surface area contributed by atoms with Gasteiger partial charge in [-0.15, -0.1) is 0 Å². The van der Waals surface area contributed by atoms with E-state index in [1.807, 2.05) is 13.8 Å². The van der Waals surface area contributed by atoms with Gasteiger partial charge in [-0.05, 0) is 5.92 Å². The van der Waals surface area contributed by atoms with Gasteiger partial charge in [0.05, 0.1) is 12.3 Å². The van der Waals surface area contributed by atoms with Crippen LogP contribution in [0.5, 0.6) is 0 Å². The number of aryl methyl sites for hydroxylation is 1. The Balaban J connectivity index is 2.73. The molecule has 2 atom stereocenters. The maximum atomic E-state index is 9.61. The van der Waals surface area contributed by atoms with Crippen LogP contribution in [0.2, 0.25) is 0 Å². The van der Waals surface area contributed by atoms with Crippen molar-refractivity contribution in [2.24, 2.45) is 13.0 Å². The fourth-order valence-corrected chi connectivity index (χ4v) is 1.04. The second-order valence-electron chi connectivity index (χ2n) is 3.44. The standard InChI is InChI=1S/C8H15N3O2/c1-5(2)7(12)8(13)6-4-9-11(3)10-6/h4-5,7-8,12-13H,1-3H3. The van der Waals surface area contributed by atoms with Crippen LogP contribution in [0.25, 0.3) is 0 Å². The van der Waals surface area contributed by atoms with Crippen LogP contribution >= 0.6 is 0 Å². The Hall–Kier alpha value is -0.940. The number of rotatable bonds is 3. The molecule has 0 fully saturated rings. The highest BCUT2D eigenvalue weighted by atomic mass is 16.3. The zero-order valence-electron chi connectivity index (χ0n) is 8.05. The summed E-state index contributed by atoms with van der Waals surface area (Å²) >= 11 is 0. The van der Waals surface area contributed by atoms with Gasteiger partial charge in [0.1, 0.15) is 11.8 Å². The van der Waals surface area contributed by atoms with E-state index in [0.29, 0.717) is 5.69 Å². The molecule has 2 N–H and O–H groups in total. The first-order chi connectivity index (χ1) is 6.02. The molecule has 0 radical (unpaired) electrons. The minimum atomic E-state index is -0.950. The fourth-order valence-electron chi connectivity index (χ4n) is 1.04. The van der Waals surface area contributed by atoms with E-state index in [1.165, 1.54) is 11.0 Å². The highest BCUT2D eigenvalue weighted by Gasteiger charge is 2.23. The van der Waals surface area contributed by atoms with Crippen LogP contribution in [0.4, 0.5) is 0 Å². The lowest BCUT2D eigenvalue weighted by molar-refractivity contribution is -0.0119. The Bertz CT molecular complexity index is 272. The molecular formula is C8H15N3O2. The third kappa shape index (κ3) is 2.26. The maximum absolute atomic E-state index is 9.61. The van der Waals surface area contributed by atoms with E-state index in [4.69, 9.17) is 0 Å². The molecule has 0 aliphatic carbocycles. The molecule has 0 aromatic carbocycles. The predicted octanol–water partition coefficient (Wildman–Crippen LogP) is -0.135. The minimum absolute atomic E-state index is 0.00277. The molecule has 5 nitrogen and oxygen atoms in total. The zero-order valence-corrected chi connectivity index (χ0v) is 8.05. The van der Waals surface area contributed by atoms with E-state index in [9.17, 15) is 10.2 Å². The number of aliphatic hydroxyl groups is 2. The minimum Gasteiger partial charge on any atom is -0.390 e. The maximum Gasteiger partial charge on any atom is 0.125 e.